The molecule has 0 rings (SSSR count). The van der Waals surface area contributed by atoms with Gasteiger partial charge in [0.1, 0.15) is 0 Å². The van der Waals surface area contributed by atoms with Gasteiger partial charge in [-0.05, 0) is 25.7 Å². The minimum absolute atomic E-state index is 0.792. The Kier molecular flexibility index (Phi) is 6.30. The van der Waals surface area contributed by atoms with E-state index in [1.165, 1.54) is 37.7 Å². The first kappa shape index (κ1) is 10.7. The second-order valence-electron chi connectivity index (χ2n) is 3.47. The third-order valence-corrected chi connectivity index (χ3v) is 2.24. The number of unbranched alkanes of at least 4 members (excludes halogenated alkanes) is 1. The van der Waals surface area contributed by atoms with Crippen LogP contribution in [-0.2, 0) is 0 Å². The van der Waals surface area contributed by atoms with Gasteiger partial charge in [0.05, 0.1) is 0 Å². The molecule has 0 spiro atoms. The average Bonchev–Trinajstić information content (AvgIpc) is 1.97. The monoisotopic (exact) mass is 154 g/mol. The molecule has 0 N–H and O–H groups in total. The molecule has 66 valence electrons. The first-order chi connectivity index (χ1) is 5.22. The Bertz CT molecular complexity index is 103. The van der Waals surface area contributed by atoms with Gasteiger partial charge in [-0.1, -0.05) is 45.3 Å². The number of hydrogen-bond acceptors (Lipinski definition) is 0. The highest BCUT2D eigenvalue weighted by molar-refractivity contribution is 4.95. The average molecular weight is 154 g/mol. The lowest BCUT2D eigenvalue weighted by molar-refractivity contribution is 0.490. The molecule has 0 bridgehead atoms. The lowest BCUT2D eigenvalue weighted by Gasteiger charge is -2.14. The van der Waals surface area contributed by atoms with Crippen molar-refractivity contribution < 1.29 is 0 Å². The molecule has 11 heavy (non-hydrogen) atoms. The highest BCUT2D eigenvalue weighted by atomic mass is 14.1. The predicted molar refractivity (Wildman–Crippen MR) is 52.7 cm³/mol. The molecule has 0 nitrogen and oxygen atoms in total. The Morgan fingerprint density at radius 1 is 1.18 bits per heavy atom. The summed E-state index contributed by atoms with van der Waals surface area (Å²) >= 11 is 0. The normalized spacial score (nSPS) is 13.0. The lowest BCUT2D eigenvalue weighted by atomic mass is 9.91. The van der Waals surface area contributed by atoms with E-state index in [4.69, 9.17) is 0 Å². The summed E-state index contributed by atoms with van der Waals surface area (Å²) in [5.74, 6) is 0.792. The molecule has 0 aromatic rings. The molecule has 0 saturated heterocycles. The highest BCUT2D eigenvalue weighted by Crippen LogP contribution is 2.21. The molecule has 1 atom stereocenters. The molecule has 0 saturated carbocycles. The molecule has 0 aromatic heterocycles. The zero-order valence-corrected chi connectivity index (χ0v) is 8.32. The van der Waals surface area contributed by atoms with Crippen LogP contribution in [0.3, 0.4) is 0 Å². The molecule has 1 unspecified atom stereocenters. The summed E-state index contributed by atoms with van der Waals surface area (Å²) < 4.78 is 0. The first-order valence-corrected chi connectivity index (χ1v) is 4.87. The minimum Gasteiger partial charge on any atom is -0.0999 e. The SMILES string of the molecule is C=C(C)C(CCC)CCCC. The van der Waals surface area contributed by atoms with Crippen LogP contribution in [-0.4, -0.2) is 0 Å². The standard InChI is InChI=1S/C11H22/c1-5-7-9-11(8-6-2)10(3)4/h11H,3,5-9H2,1-2,4H3. The van der Waals surface area contributed by atoms with E-state index in [0.29, 0.717) is 0 Å². The number of hydrogen-bond donors (Lipinski definition) is 0. The summed E-state index contributed by atoms with van der Waals surface area (Å²) in [4.78, 5) is 0. The summed E-state index contributed by atoms with van der Waals surface area (Å²) in [7, 11) is 0. The van der Waals surface area contributed by atoms with Crippen LogP contribution in [0.2, 0.25) is 0 Å². The Morgan fingerprint density at radius 2 is 1.82 bits per heavy atom. The fourth-order valence-electron chi connectivity index (χ4n) is 1.44. The van der Waals surface area contributed by atoms with Crippen molar-refractivity contribution in [3.8, 4) is 0 Å². The maximum atomic E-state index is 4.03. The van der Waals surface area contributed by atoms with Gasteiger partial charge < -0.3 is 0 Å². The van der Waals surface area contributed by atoms with E-state index in [1.807, 2.05) is 0 Å². The quantitative estimate of drug-likeness (QED) is 0.504. The van der Waals surface area contributed by atoms with Crippen LogP contribution >= 0.6 is 0 Å². The Morgan fingerprint density at radius 3 is 2.18 bits per heavy atom. The van der Waals surface area contributed by atoms with Crippen molar-refractivity contribution in [1.82, 2.24) is 0 Å². The van der Waals surface area contributed by atoms with Crippen LogP contribution in [0.25, 0.3) is 0 Å². The van der Waals surface area contributed by atoms with Gasteiger partial charge in [-0.15, -0.1) is 0 Å². The van der Waals surface area contributed by atoms with Crippen molar-refractivity contribution in [2.75, 3.05) is 0 Å². The molecule has 0 radical (unpaired) electrons. The van der Waals surface area contributed by atoms with E-state index in [0.717, 1.165) is 5.92 Å². The minimum atomic E-state index is 0.792. The largest absolute Gasteiger partial charge is 0.0999 e. The summed E-state index contributed by atoms with van der Waals surface area (Å²) in [5.41, 5.74) is 1.38. The molecule has 0 aromatic carbocycles. The van der Waals surface area contributed by atoms with Crippen LogP contribution in [0.15, 0.2) is 12.2 Å². The van der Waals surface area contributed by atoms with Gasteiger partial charge in [-0.2, -0.15) is 0 Å². The van der Waals surface area contributed by atoms with E-state index in [2.05, 4.69) is 27.4 Å². The second-order valence-corrected chi connectivity index (χ2v) is 3.47. The van der Waals surface area contributed by atoms with Crippen molar-refractivity contribution in [3.05, 3.63) is 12.2 Å². The molecule has 0 heteroatoms. The Balaban J connectivity index is 3.60. The molecule has 0 heterocycles. The van der Waals surface area contributed by atoms with Gasteiger partial charge >= 0.3 is 0 Å². The van der Waals surface area contributed by atoms with Crippen LogP contribution in [0.5, 0.6) is 0 Å². The van der Waals surface area contributed by atoms with Gasteiger partial charge in [0.15, 0.2) is 0 Å². The number of allylic oxidation sites excluding steroid dienone is 1. The lowest BCUT2D eigenvalue weighted by Crippen LogP contribution is -2.00. The smallest absolute Gasteiger partial charge is 0.0209 e. The third kappa shape index (κ3) is 5.06. The molecule has 0 aliphatic carbocycles. The molecule has 0 aliphatic heterocycles. The van der Waals surface area contributed by atoms with E-state index in [-0.39, 0.29) is 0 Å². The van der Waals surface area contributed by atoms with Crippen LogP contribution < -0.4 is 0 Å². The zero-order chi connectivity index (χ0) is 8.69. The molecule has 0 fully saturated rings. The fourth-order valence-corrected chi connectivity index (χ4v) is 1.44. The molecular weight excluding hydrogens is 132 g/mol. The maximum absolute atomic E-state index is 4.03. The van der Waals surface area contributed by atoms with E-state index in [1.54, 1.807) is 0 Å². The molecular formula is C11H22. The topological polar surface area (TPSA) is 0 Å². The van der Waals surface area contributed by atoms with Crippen molar-refractivity contribution in [2.24, 2.45) is 5.92 Å². The van der Waals surface area contributed by atoms with E-state index >= 15 is 0 Å². The second kappa shape index (κ2) is 6.45. The maximum Gasteiger partial charge on any atom is -0.0209 e. The molecule has 0 aliphatic rings. The zero-order valence-electron chi connectivity index (χ0n) is 8.32. The first-order valence-electron chi connectivity index (χ1n) is 4.87. The summed E-state index contributed by atoms with van der Waals surface area (Å²) in [6.45, 7) is 10.7. The van der Waals surface area contributed by atoms with Crippen molar-refractivity contribution >= 4 is 0 Å². The summed E-state index contributed by atoms with van der Waals surface area (Å²) in [5, 5.41) is 0. The van der Waals surface area contributed by atoms with Crippen molar-refractivity contribution in [1.29, 1.82) is 0 Å². The van der Waals surface area contributed by atoms with Gasteiger partial charge in [-0.25, -0.2) is 0 Å². The van der Waals surface area contributed by atoms with Gasteiger partial charge in [0, 0.05) is 0 Å². The summed E-state index contributed by atoms with van der Waals surface area (Å²) in [6, 6.07) is 0. The Hall–Kier alpha value is -0.260. The van der Waals surface area contributed by atoms with Crippen molar-refractivity contribution in [2.45, 2.75) is 52.9 Å². The van der Waals surface area contributed by atoms with Crippen LogP contribution in [0.1, 0.15) is 52.9 Å². The van der Waals surface area contributed by atoms with Gasteiger partial charge in [0.25, 0.3) is 0 Å². The number of rotatable bonds is 6. The van der Waals surface area contributed by atoms with Gasteiger partial charge in [0.2, 0.25) is 0 Å². The van der Waals surface area contributed by atoms with E-state index < -0.39 is 0 Å². The summed E-state index contributed by atoms with van der Waals surface area (Å²) in [6.07, 6.45) is 6.64. The third-order valence-electron chi connectivity index (χ3n) is 2.24. The van der Waals surface area contributed by atoms with Crippen molar-refractivity contribution in [3.63, 3.8) is 0 Å². The fraction of sp³-hybridized carbons (Fsp3) is 0.818. The van der Waals surface area contributed by atoms with Gasteiger partial charge in [-0.3, -0.25) is 0 Å². The highest BCUT2D eigenvalue weighted by Gasteiger charge is 2.06. The van der Waals surface area contributed by atoms with Crippen LogP contribution in [0, 0.1) is 5.92 Å². The van der Waals surface area contributed by atoms with Crippen LogP contribution in [0.4, 0.5) is 0 Å². The predicted octanol–water partition coefficient (Wildman–Crippen LogP) is 4.17. The van der Waals surface area contributed by atoms with E-state index in [9.17, 15) is 0 Å². The Labute approximate surface area is 71.7 Å². The molecule has 0 amide bonds.